The lowest BCUT2D eigenvalue weighted by molar-refractivity contribution is -0.118. The Morgan fingerprint density at radius 1 is 1.00 bits per heavy atom. The van der Waals surface area contributed by atoms with Gasteiger partial charge in [-0.25, -0.2) is 0 Å². The lowest BCUT2D eigenvalue weighted by atomic mass is 9.96. The van der Waals surface area contributed by atoms with Crippen LogP contribution in [0.15, 0.2) is 72.9 Å². The highest BCUT2D eigenvalue weighted by atomic mass is 32.1. The van der Waals surface area contributed by atoms with Gasteiger partial charge in [-0.3, -0.25) is 9.78 Å². The third kappa shape index (κ3) is 5.44. The van der Waals surface area contributed by atoms with Crippen LogP contribution < -0.4 is 20.4 Å². The minimum absolute atomic E-state index is 0.00152. The molecule has 1 amide bonds. The molecule has 0 radical (unpaired) electrons. The fourth-order valence-corrected chi connectivity index (χ4v) is 5.89. The summed E-state index contributed by atoms with van der Waals surface area (Å²) >= 11 is 5.98. The van der Waals surface area contributed by atoms with E-state index in [1.807, 2.05) is 71.4 Å². The molecule has 0 saturated carbocycles. The van der Waals surface area contributed by atoms with Crippen molar-refractivity contribution in [2.24, 2.45) is 5.92 Å². The lowest BCUT2D eigenvalue weighted by Gasteiger charge is -2.29. The average Bonchev–Trinajstić information content (AvgIpc) is 3.44. The van der Waals surface area contributed by atoms with Crippen molar-refractivity contribution in [1.29, 1.82) is 0 Å². The largest absolute Gasteiger partial charge is 0.378 e. The summed E-state index contributed by atoms with van der Waals surface area (Å²) in [5.74, 6) is -0.0966. The number of carbonyl (C=O) groups is 1. The minimum atomic E-state index is -0.144. The van der Waals surface area contributed by atoms with Gasteiger partial charge in [0.15, 0.2) is 5.11 Å². The Kier molecular flexibility index (Phi) is 7.87. The molecule has 0 aliphatic carbocycles. The zero-order valence-electron chi connectivity index (χ0n) is 24.8. The van der Waals surface area contributed by atoms with E-state index in [2.05, 4.69) is 75.2 Å². The Morgan fingerprint density at radius 2 is 1.71 bits per heavy atom. The van der Waals surface area contributed by atoms with Crippen molar-refractivity contribution in [2.75, 3.05) is 29.2 Å². The maximum Gasteiger partial charge on any atom is 0.226 e. The maximum atomic E-state index is 12.4. The standard InChI is InChI=1S/C33H38N6OS/c1-20(2)32(40)35-28-16-15-26(18-21(28)3)39-31(30(36-33(39)41)29-10-8-9-17-34-29)27-19-22(4)38(23(27)5)25-13-11-24(12-14-25)37(6)7/h8-20,30-31H,1-7H3,(H,35,40)(H,36,41). The number of aryl methyl sites for hydroxylation is 2. The molecule has 0 spiro atoms. The van der Waals surface area contributed by atoms with Crippen molar-refractivity contribution in [3.63, 3.8) is 0 Å². The predicted octanol–water partition coefficient (Wildman–Crippen LogP) is 6.64. The number of carbonyl (C=O) groups excluding carboxylic acids is 1. The van der Waals surface area contributed by atoms with Crippen molar-refractivity contribution < 1.29 is 4.79 Å². The first-order chi connectivity index (χ1) is 19.6. The topological polar surface area (TPSA) is 65.4 Å². The first-order valence-corrected chi connectivity index (χ1v) is 14.4. The monoisotopic (exact) mass is 566 g/mol. The Balaban J connectivity index is 1.60. The SMILES string of the molecule is Cc1cc(N2C(=S)NC(c3ccccn3)C2c2cc(C)n(-c3ccc(N(C)C)cc3)c2C)ccc1NC(=O)C(C)C. The summed E-state index contributed by atoms with van der Waals surface area (Å²) < 4.78 is 2.31. The van der Waals surface area contributed by atoms with E-state index in [0.29, 0.717) is 5.11 Å². The summed E-state index contributed by atoms with van der Waals surface area (Å²) in [4.78, 5) is 21.4. The van der Waals surface area contributed by atoms with Gasteiger partial charge in [0.25, 0.3) is 0 Å². The number of nitrogens with zero attached hydrogens (tertiary/aromatic N) is 4. The van der Waals surface area contributed by atoms with Crippen molar-refractivity contribution in [3.8, 4) is 5.69 Å². The smallest absolute Gasteiger partial charge is 0.226 e. The van der Waals surface area contributed by atoms with Crippen LogP contribution in [0, 0.1) is 26.7 Å². The Morgan fingerprint density at radius 3 is 2.32 bits per heavy atom. The Bertz CT molecular complexity index is 1580. The number of nitrogens with one attached hydrogen (secondary N) is 2. The number of amides is 1. The summed E-state index contributed by atoms with van der Waals surface area (Å²) in [6, 6.07) is 22.7. The molecule has 2 unspecified atom stereocenters. The number of rotatable bonds is 7. The molecule has 2 aromatic heterocycles. The van der Waals surface area contributed by atoms with Crippen LogP contribution in [-0.4, -0.2) is 34.7 Å². The van der Waals surface area contributed by atoms with Gasteiger partial charge < -0.3 is 25.0 Å². The van der Waals surface area contributed by atoms with Gasteiger partial charge in [-0.1, -0.05) is 19.9 Å². The molecule has 1 fully saturated rings. The highest BCUT2D eigenvalue weighted by Gasteiger charge is 2.42. The summed E-state index contributed by atoms with van der Waals surface area (Å²) in [7, 11) is 4.10. The highest BCUT2D eigenvalue weighted by Crippen LogP contribution is 2.44. The van der Waals surface area contributed by atoms with E-state index in [9.17, 15) is 4.79 Å². The molecular formula is C33H38N6OS. The van der Waals surface area contributed by atoms with Crippen LogP contribution in [0.2, 0.25) is 0 Å². The van der Waals surface area contributed by atoms with Gasteiger partial charge in [0.2, 0.25) is 5.91 Å². The van der Waals surface area contributed by atoms with Gasteiger partial charge in [-0.2, -0.15) is 0 Å². The second-order valence-corrected chi connectivity index (χ2v) is 11.6. The minimum Gasteiger partial charge on any atom is -0.378 e. The average molecular weight is 567 g/mol. The van der Waals surface area contributed by atoms with Crippen LogP contribution in [0.3, 0.4) is 0 Å². The molecular weight excluding hydrogens is 528 g/mol. The number of hydrogen-bond donors (Lipinski definition) is 2. The van der Waals surface area contributed by atoms with E-state index in [1.165, 1.54) is 5.56 Å². The van der Waals surface area contributed by atoms with Gasteiger partial charge in [0.05, 0.1) is 17.8 Å². The highest BCUT2D eigenvalue weighted by molar-refractivity contribution is 7.80. The molecule has 8 heteroatoms. The summed E-state index contributed by atoms with van der Waals surface area (Å²) in [6.45, 7) is 10.1. The van der Waals surface area contributed by atoms with Crippen LogP contribution in [0.4, 0.5) is 17.1 Å². The Labute approximate surface area is 248 Å². The van der Waals surface area contributed by atoms with Crippen LogP contribution in [0.25, 0.3) is 5.69 Å². The quantitative estimate of drug-likeness (QED) is 0.245. The second kappa shape index (κ2) is 11.4. The number of aromatic nitrogens is 2. The molecule has 4 aromatic rings. The number of pyridine rings is 1. The fraction of sp³-hybridized carbons (Fsp3) is 0.303. The van der Waals surface area contributed by atoms with Crippen molar-refractivity contribution >= 4 is 40.3 Å². The normalized spacial score (nSPS) is 16.7. The van der Waals surface area contributed by atoms with Gasteiger partial charge in [-0.05, 0) is 105 Å². The fourth-order valence-electron chi connectivity index (χ4n) is 5.55. The third-order valence-corrected chi connectivity index (χ3v) is 8.10. The molecule has 0 bridgehead atoms. The van der Waals surface area contributed by atoms with Crippen LogP contribution in [-0.2, 0) is 4.79 Å². The number of anilines is 3. The first-order valence-electron chi connectivity index (χ1n) is 14.0. The molecule has 3 heterocycles. The van der Waals surface area contributed by atoms with Gasteiger partial charge in [0, 0.05) is 60.3 Å². The van der Waals surface area contributed by atoms with E-state index in [1.54, 1.807) is 0 Å². The van der Waals surface area contributed by atoms with Crippen molar-refractivity contribution in [1.82, 2.24) is 14.9 Å². The predicted molar refractivity (Wildman–Crippen MR) is 172 cm³/mol. The van der Waals surface area contributed by atoms with Gasteiger partial charge >= 0.3 is 0 Å². The van der Waals surface area contributed by atoms with E-state index < -0.39 is 0 Å². The molecule has 212 valence electrons. The van der Waals surface area contributed by atoms with E-state index >= 15 is 0 Å². The Hall–Kier alpha value is -4.17. The number of benzene rings is 2. The van der Waals surface area contributed by atoms with Crippen LogP contribution in [0.5, 0.6) is 0 Å². The van der Waals surface area contributed by atoms with Crippen LogP contribution >= 0.6 is 12.2 Å². The molecule has 7 nitrogen and oxygen atoms in total. The molecule has 2 aromatic carbocycles. The van der Waals surface area contributed by atoms with Gasteiger partial charge in [-0.15, -0.1) is 0 Å². The summed E-state index contributed by atoms with van der Waals surface area (Å²) in [5.41, 5.74) is 9.44. The zero-order valence-corrected chi connectivity index (χ0v) is 25.6. The molecule has 41 heavy (non-hydrogen) atoms. The maximum absolute atomic E-state index is 12.4. The third-order valence-electron chi connectivity index (χ3n) is 7.78. The molecule has 2 atom stereocenters. The summed E-state index contributed by atoms with van der Waals surface area (Å²) in [6.07, 6.45) is 1.83. The molecule has 2 N–H and O–H groups in total. The summed E-state index contributed by atoms with van der Waals surface area (Å²) in [5, 5.41) is 7.26. The molecule has 1 aliphatic rings. The number of hydrogen-bond acceptors (Lipinski definition) is 4. The molecule has 1 aliphatic heterocycles. The second-order valence-electron chi connectivity index (χ2n) is 11.2. The number of thiocarbonyl (C=S) groups is 1. The molecule has 1 saturated heterocycles. The van der Waals surface area contributed by atoms with E-state index in [4.69, 9.17) is 17.2 Å². The van der Waals surface area contributed by atoms with E-state index in [0.717, 1.165) is 45.4 Å². The van der Waals surface area contributed by atoms with E-state index in [-0.39, 0.29) is 23.9 Å². The zero-order chi connectivity index (χ0) is 29.4. The molecule has 5 rings (SSSR count). The van der Waals surface area contributed by atoms with Crippen molar-refractivity contribution in [3.05, 3.63) is 101 Å². The lowest BCUT2D eigenvalue weighted by Crippen LogP contribution is -2.29. The van der Waals surface area contributed by atoms with Crippen molar-refractivity contribution in [2.45, 2.75) is 46.7 Å². The van der Waals surface area contributed by atoms with Gasteiger partial charge in [0.1, 0.15) is 0 Å². The van der Waals surface area contributed by atoms with Crippen LogP contribution in [0.1, 0.15) is 54.1 Å². The first kappa shape index (κ1) is 28.4.